The molecule has 0 fully saturated rings. The molecule has 0 aliphatic heterocycles. The van der Waals surface area contributed by atoms with Crippen LogP contribution in [0.5, 0.6) is 0 Å². The molecule has 0 aliphatic carbocycles. The minimum atomic E-state index is -3.82. The zero-order valence-electron chi connectivity index (χ0n) is 9.17. The summed E-state index contributed by atoms with van der Waals surface area (Å²) in [5, 5.41) is 8.32. The fraction of sp³-hybridized carbons (Fsp3) is 0.200. The quantitative estimate of drug-likeness (QED) is 0.301. The molecule has 0 heterocycles. The van der Waals surface area contributed by atoms with Crippen molar-refractivity contribution in [2.75, 3.05) is 6.54 Å². The Hall–Kier alpha value is -1.71. The van der Waals surface area contributed by atoms with Crippen LogP contribution in [0.4, 0.5) is 0 Å². The first-order valence-corrected chi connectivity index (χ1v) is 6.69. The Balaban J connectivity index is 2.88. The van der Waals surface area contributed by atoms with Crippen molar-refractivity contribution in [2.24, 2.45) is 10.3 Å². The Morgan fingerprint density at radius 2 is 2.22 bits per heavy atom. The summed E-state index contributed by atoms with van der Waals surface area (Å²) in [6, 6.07) is 4.23. The van der Waals surface area contributed by atoms with Gasteiger partial charge in [0, 0.05) is 23.4 Å². The Labute approximate surface area is 109 Å². The van der Waals surface area contributed by atoms with Crippen LogP contribution in [0.25, 0.3) is 10.4 Å². The predicted octanol–water partition coefficient (Wildman–Crippen LogP) is 2.04. The number of sulfonamides is 1. The lowest BCUT2D eigenvalue weighted by molar-refractivity contribution is 0.598. The van der Waals surface area contributed by atoms with Crippen LogP contribution < -0.4 is 5.14 Å². The topological polar surface area (TPSA) is 109 Å². The molecule has 1 aromatic carbocycles. The van der Waals surface area contributed by atoms with Gasteiger partial charge >= 0.3 is 0 Å². The molecule has 0 saturated carbocycles. The monoisotopic (exact) mass is 284 g/mol. The molecular formula is C10H9ClN4O2S. The van der Waals surface area contributed by atoms with Gasteiger partial charge in [-0.25, -0.2) is 13.6 Å². The Morgan fingerprint density at radius 1 is 1.50 bits per heavy atom. The van der Waals surface area contributed by atoms with Crippen LogP contribution in [0.15, 0.2) is 28.2 Å². The Morgan fingerprint density at radius 3 is 2.78 bits per heavy atom. The van der Waals surface area contributed by atoms with Crippen LogP contribution >= 0.6 is 11.6 Å². The van der Waals surface area contributed by atoms with Gasteiger partial charge in [0.2, 0.25) is 10.0 Å². The number of hydrogen-bond donors (Lipinski definition) is 1. The molecule has 0 amide bonds. The van der Waals surface area contributed by atoms with Gasteiger partial charge in [0.15, 0.2) is 0 Å². The number of hydrogen-bond acceptors (Lipinski definition) is 3. The predicted molar refractivity (Wildman–Crippen MR) is 68.3 cm³/mol. The summed E-state index contributed by atoms with van der Waals surface area (Å²) >= 11 is 5.78. The summed E-state index contributed by atoms with van der Waals surface area (Å²) in [4.78, 5) is 2.45. The van der Waals surface area contributed by atoms with Crippen molar-refractivity contribution in [3.05, 3.63) is 39.2 Å². The molecule has 18 heavy (non-hydrogen) atoms. The third-order valence-electron chi connectivity index (χ3n) is 1.87. The molecule has 0 aromatic heterocycles. The van der Waals surface area contributed by atoms with Crippen molar-refractivity contribution in [1.82, 2.24) is 0 Å². The second kappa shape index (κ2) is 6.28. The lowest BCUT2D eigenvalue weighted by Crippen LogP contribution is -2.12. The molecule has 2 N–H and O–H groups in total. The third kappa shape index (κ3) is 4.28. The number of azide groups is 1. The average Bonchev–Trinajstić information content (AvgIpc) is 2.27. The van der Waals surface area contributed by atoms with Crippen molar-refractivity contribution < 1.29 is 8.42 Å². The normalized spacial score (nSPS) is 10.1. The fourth-order valence-electron chi connectivity index (χ4n) is 1.12. The number of halogens is 1. The first kappa shape index (κ1) is 14.4. The maximum absolute atomic E-state index is 11.1. The van der Waals surface area contributed by atoms with Gasteiger partial charge in [-0.1, -0.05) is 28.6 Å². The van der Waals surface area contributed by atoms with E-state index in [0.29, 0.717) is 12.0 Å². The summed E-state index contributed by atoms with van der Waals surface area (Å²) in [5.41, 5.74) is 8.61. The highest BCUT2D eigenvalue weighted by Crippen LogP contribution is 2.20. The van der Waals surface area contributed by atoms with E-state index >= 15 is 0 Å². The highest BCUT2D eigenvalue weighted by Gasteiger charge is 2.12. The summed E-state index contributed by atoms with van der Waals surface area (Å²) in [6.45, 7) is 0.284. The molecule has 1 aromatic rings. The summed E-state index contributed by atoms with van der Waals surface area (Å²) in [6.07, 6.45) is 0.415. The van der Waals surface area contributed by atoms with E-state index in [-0.39, 0.29) is 16.5 Å². The molecule has 0 radical (unpaired) electrons. The van der Waals surface area contributed by atoms with E-state index in [4.69, 9.17) is 22.3 Å². The molecule has 8 heteroatoms. The van der Waals surface area contributed by atoms with Crippen molar-refractivity contribution in [2.45, 2.75) is 11.3 Å². The Kier molecular flexibility index (Phi) is 5.01. The number of primary sulfonamides is 1. The maximum atomic E-state index is 11.1. The third-order valence-corrected chi connectivity index (χ3v) is 3.26. The van der Waals surface area contributed by atoms with Gasteiger partial charge in [0.1, 0.15) is 4.90 Å². The van der Waals surface area contributed by atoms with Crippen LogP contribution in [0.1, 0.15) is 12.0 Å². The zero-order chi connectivity index (χ0) is 13.6. The fourth-order valence-corrected chi connectivity index (χ4v) is 2.22. The van der Waals surface area contributed by atoms with Gasteiger partial charge in [-0.2, -0.15) is 0 Å². The summed E-state index contributed by atoms with van der Waals surface area (Å²) in [5.74, 6) is 5.54. The molecule has 0 aliphatic rings. The lowest BCUT2D eigenvalue weighted by Gasteiger charge is -2.01. The van der Waals surface area contributed by atoms with E-state index in [1.54, 1.807) is 0 Å². The molecule has 1 rings (SSSR count). The van der Waals surface area contributed by atoms with Gasteiger partial charge in [-0.15, -0.1) is 0 Å². The van der Waals surface area contributed by atoms with Crippen molar-refractivity contribution in [3.63, 3.8) is 0 Å². The first-order chi connectivity index (χ1) is 8.45. The van der Waals surface area contributed by atoms with Gasteiger partial charge in [0.05, 0.1) is 5.02 Å². The molecule has 0 spiro atoms. The minimum absolute atomic E-state index is 0.0272. The molecule has 0 bridgehead atoms. The molecule has 0 saturated heterocycles. The summed E-state index contributed by atoms with van der Waals surface area (Å²) in [7, 11) is -3.82. The number of nitrogens with zero attached hydrogens (tertiary/aromatic N) is 3. The maximum Gasteiger partial charge on any atom is 0.239 e. The second-order valence-corrected chi connectivity index (χ2v) is 5.13. The standard InChI is InChI=1S/C10H9ClN4O2S/c11-9-7-8(3-1-2-6-14-15-12)4-5-10(9)18(13,16)17/h4-5,7H,2,6H2,(H2,13,16,17). The smallest absolute Gasteiger partial charge is 0.225 e. The van der Waals surface area contributed by atoms with E-state index in [1.165, 1.54) is 18.2 Å². The zero-order valence-corrected chi connectivity index (χ0v) is 10.7. The molecule has 0 unspecified atom stereocenters. The lowest BCUT2D eigenvalue weighted by atomic mass is 10.2. The highest BCUT2D eigenvalue weighted by atomic mass is 35.5. The van der Waals surface area contributed by atoms with E-state index in [1.807, 2.05) is 0 Å². The second-order valence-electron chi connectivity index (χ2n) is 3.20. The molecule has 6 nitrogen and oxygen atoms in total. The first-order valence-electron chi connectivity index (χ1n) is 4.77. The largest absolute Gasteiger partial charge is 0.239 e. The van der Waals surface area contributed by atoms with Gasteiger partial charge < -0.3 is 0 Å². The van der Waals surface area contributed by atoms with Crippen molar-refractivity contribution in [3.8, 4) is 11.8 Å². The average molecular weight is 285 g/mol. The van der Waals surface area contributed by atoms with Crippen LogP contribution in [-0.4, -0.2) is 15.0 Å². The SMILES string of the molecule is [N-]=[N+]=NCCC#Cc1ccc(S(N)(=O)=O)c(Cl)c1. The van der Waals surface area contributed by atoms with E-state index in [9.17, 15) is 8.42 Å². The van der Waals surface area contributed by atoms with Gasteiger partial charge in [-0.05, 0) is 23.7 Å². The number of nitrogens with two attached hydrogens (primary N) is 1. The van der Waals surface area contributed by atoms with E-state index in [2.05, 4.69) is 21.9 Å². The highest BCUT2D eigenvalue weighted by molar-refractivity contribution is 7.89. The van der Waals surface area contributed by atoms with Crippen molar-refractivity contribution in [1.29, 1.82) is 0 Å². The molecular weight excluding hydrogens is 276 g/mol. The van der Waals surface area contributed by atoms with Crippen LogP contribution in [0.3, 0.4) is 0 Å². The molecule has 94 valence electrons. The van der Waals surface area contributed by atoms with Crippen LogP contribution in [0.2, 0.25) is 5.02 Å². The number of benzene rings is 1. The van der Waals surface area contributed by atoms with E-state index in [0.717, 1.165) is 0 Å². The molecule has 0 atom stereocenters. The van der Waals surface area contributed by atoms with Crippen LogP contribution in [-0.2, 0) is 10.0 Å². The van der Waals surface area contributed by atoms with Gasteiger partial charge in [0.25, 0.3) is 0 Å². The van der Waals surface area contributed by atoms with E-state index < -0.39 is 10.0 Å². The minimum Gasteiger partial charge on any atom is -0.225 e. The number of rotatable bonds is 3. The van der Waals surface area contributed by atoms with Gasteiger partial charge in [-0.3, -0.25) is 0 Å². The van der Waals surface area contributed by atoms with Crippen LogP contribution in [0, 0.1) is 11.8 Å². The Bertz CT molecular complexity index is 654. The summed E-state index contributed by atoms with van der Waals surface area (Å²) < 4.78 is 22.2. The van der Waals surface area contributed by atoms with Crippen molar-refractivity contribution >= 4 is 21.6 Å².